The van der Waals surface area contributed by atoms with Crippen molar-refractivity contribution in [3.05, 3.63) is 34.9 Å². The van der Waals surface area contributed by atoms with Crippen molar-refractivity contribution >= 4 is 5.78 Å². The maximum absolute atomic E-state index is 12.8. The van der Waals surface area contributed by atoms with E-state index in [4.69, 9.17) is 0 Å². The van der Waals surface area contributed by atoms with Gasteiger partial charge in [0.1, 0.15) is 0 Å². The molecule has 0 radical (unpaired) electrons. The Bertz CT molecular complexity index is 456. The molecule has 1 aliphatic heterocycles. The average molecular weight is 245 g/mol. The number of benzene rings is 1. The summed E-state index contributed by atoms with van der Waals surface area (Å²) in [6.07, 6.45) is 0.955. The fourth-order valence-corrected chi connectivity index (χ4v) is 2.83. The second-order valence-corrected chi connectivity index (χ2v) is 5.87. The summed E-state index contributed by atoms with van der Waals surface area (Å²) in [6.45, 7) is 10.2. The third-order valence-corrected chi connectivity index (χ3v) is 4.51. The van der Waals surface area contributed by atoms with Crippen LogP contribution in [0.3, 0.4) is 0 Å². The van der Waals surface area contributed by atoms with Gasteiger partial charge in [-0.2, -0.15) is 0 Å². The summed E-state index contributed by atoms with van der Waals surface area (Å²) in [4.78, 5) is 12.8. The smallest absolute Gasteiger partial charge is 0.170 e. The molecule has 1 N–H and O–H groups in total. The van der Waals surface area contributed by atoms with Gasteiger partial charge in [0, 0.05) is 17.5 Å². The lowest BCUT2D eigenvalue weighted by molar-refractivity contribution is 0.0740. The lowest BCUT2D eigenvalue weighted by Gasteiger charge is -2.31. The van der Waals surface area contributed by atoms with E-state index in [1.807, 2.05) is 12.1 Å². The summed E-state index contributed by atoms with van der Waals surface area (Å²) in [6, 6.07) is 6.08. The van der Waals surface area contributed by atoms with Crippen molar-refractivity contribution in [3.63, 3.8) is 0 Å². The molecule has 0 spiro atoms. The maximum Gasteiger partial charge on any atom is 0.170 e. The van der Waals surface area contributed by atoms with Crippen LogP contribution in [0.4, 0.5) is 0 Å². The molecule has 1 saturated heterocycles. The third-order valence-electron chi connectivity index (χ3n) is 4.51. The lowest BCUT2D eigenvalue weighted by atomic mass is 9.71. The second kappa shape index (κ2) is 4.85. The molecule has 98 valence electrons. The minimum Gasteiger partial charge on any atom is -0.316 e. The molecule has 1 heterocycles. The van der Waals surface area contributed by atoms with E-state index >= 15 is 0 Å². The first-order valence-electron chi connectivity index (χ1n) is 6.80. The maximum atomic E-state index is 12.8. The molecule has 0 bridgehead atoms. The van der Waals surface area contributed by atoms with Crippen LogP contribution >= 0.6 is 0 Å². The number of nitrogens with one attached hydrogen (secondary N) is 1. The fraction of sp³-hybridized carbons (Fsp3) is 0.562. The number of carbonyl (C=O) groups is 1. The van der Waals surface area contributed by atoms with Crippen LogP contribution in [-0.2, 0) is 0 Å². The van der Waals surface area contributed by atoms with Crippen LogP contribution in [0.15, 0.2) is 18.2 Å². The van der Waals surface area contributed by atoms with Gasteiger partial charge in [0.05, 0.1) is 0 Å². The Hall–Kier alpha value is -1.15. The highest BCUT2D eigenvalue weighted by Crippen LogP contribution is 2.37. The van der Waals surface area contributed by atoms with Gasteiger partial charge in [-0.25, -0.2) is 0 Å². The van der Waals surface area contributed by atoms with Gasteiger partial charge in [-0.05, 0) is 49.9 Å². The zero-order valence-corrected chi connectivity index (χ0v) is 11.8. The Labute approximate surface area is 110 Å². The van der Waals surface area contributed by atoms with E-state index in [-0.39, 0.29) is 5.41 Å². The molecule has 0 aromatic heterocycles. The van der Waals surface area contributed by atoms with Gasteiger partial charge in [0.2, 0.25) is 0 Å². The first kappa shape index (κ1) is 13.3. The Balaban J connectivity index is 2.37. The Morgan fingerprint density at radius 3 is 2.50 bits per heavy atom. The van der Waals surface area contributed by atoms with Crippen molar-refractivity contribution in [1.82, 2.24) is 5.32 Å². The highest BCUT2D eigenvalue weighted by atomic mass is 16.1. The van der Waals surface area contributed by atoms with E-state index < -0.39 is 0 Å². The number of Topliss-reactive ketones (excluding diaryl/α,β-unsaturated/α-hetero) is 1. The van der Waals surface area contributed by atoms with Crippen LogP contribution in [0.5, 0.6) is 0 Å². The Kier molecular flexibility index (Phi) is 3.58. The first-order valence-corrected chi connectivity index (χ1v) is 6.80. The summed E-state index contributed by atoms with van der Waals surface area (Å²) in [5.41, 5.74) is 3.11. The van der Waals surface area contributed by atoms with Crippen molar-refractivity contribution in [3.8, 4) is 0 Å². The van der Waals surface area contributed by atoms with Gasteiger partial charge in [-0.3, -0.25) is 4.79 Å². The monoisotopic (exact) mass is 245 g/mol. The number of ketones is 1. The first-order chi connectivity index (χ1) is 8.47. The second-order valence-electron chi connectivity index (χ2n) is 5.87. The van der Waals surface area contributed by atoms with E-state index in [1.165, 1.54) is 11.1 Å². The van der Waals surface area contributed by atoms with Gasteiger partial charge in [-0.1, -0.05) is 26.0 Å². The summed E-state index contributed by atoms with van der Waals surface area (Å²) in [7, 11) is 0. The highest BCUT2D eigenvalue weighted by molar-refractivity contribution is 6.01. The van der Waals surface area contributed by atoms with Gasteiger partial charge < -0.3 is 5.32 Å². The molecule has 18 heavy (non-hydrogen) atoms. The molecule has 1 aromatic rings. The Morgan fingerprint density at radius 1 is 1.28 bits per heavy atom. The number of hydrogen-bond acceptors (Lipinski definition) is 2. The summed E-state index contributed by atoms with van der Waals surface area (Å²) < 4.78 is 0. The van der Waals surface area contributed by atoms with Crippen LogP contribution in [0.1, 0.15) is 41.8 Å². The van der Waals surface area contributed by atoms with E-state index in [0.29, 0.717) is 11.7 Å². The van der Waals surface area contributed by atoms with Gasteiger partial charge in [0.25, 0.3) is 0 Å². The fourth-order valence-electron chi connectivity index (χ4n) is 2.83. The predicted molar refractivity (Wildman–Crippen MR) is 75.0 cm³/mol. The molecule has 0 saturated carbocycles. The lowest BCUT2D eigenvalue weighted by Crippen LogP contribution is -2.38. The quantitative estimate of drug-likeness (QED) is 0.829. The third kappa shape index (κ3) is 2.10. The van der Waals surface area contributed by atoms with Crippen LogP contribution in [-0.4, -0.2) is 18.9 Å². The molecule has 1 atom stereocenters. The molecule has 1 aromatic carbocycles. The molecular formula is C16H23NO. The van der Waals surface area contributed by atoms with Crippen molar-refractivity contribution in [1.29, 1.82) is 0 Å². The van der Waals surface area contributed by atoms with Crippen LogP contribution < -0.4 is 5.32 Å². The van der Waals surface area contributed by atoms with Crippen LogP contribution in [0, 0.1) is 25.2 Å². The van der Waals surface area contributed by atoms with Crippen molar-refractivity contribution in [2.45, 2.75) is 34.1 Å². The normalized spacial score (nSPS) is 23.6. The summed E-state index contributed by atoms with van der Waals surface area (Å²) in [5, 5.41) is 3.35. The zero-order chi connectivity index (χ0) is 13.3. The van der Waals surface area contributed by atoms with E-state index in [2.05, 4.69) is 39.1 Å². The SMILES string of the molecule is Cc1ccc(C(=O)C2(C(C)C)CCNC2)cc1C. The molecule has 1 fully saturated rings. The molecule has 1 unspecified atom stereocenters. The molecule has 2 nitrogen and oxygen atoms in total. The van der Waals surface area contributed by atoms with Gasteiger partial charge >= 0.3 is 0 Å². The summed E-state index contributed by atoms with van der Waals surface area (Å²) in [5.74, 6) is 0.687. The van der Waals surface area contributed by atoms with E-state index in [1.54, 1.807) is 0 Å². The van der Waals surface area contributed by atoms with Crippen LogP contribution in [0.2, 0.25) is 0 Å². The highest BCUT2D eigenvalue weighted by Gasteiger charge is 2.43. The summed E-state index contributed by atoms with van der Waals surface area (Å²) >= 11 is 0. The molecular weight excluding hydrogens is 222 g/mol. The van der Waals surface area contributed by atoms with Gasteiger partial charge in [0.15, 0.2) is 5.78 Å². The zero-order valence-electron chi connectivity index (χ0n) is 11.8. The number of carbonyl (C=O) groups excluding carboxylic acids is 1. The van der Waals surface area contributed by atoms with Gasteiger partial charge in [-0.15, -0.1) is 0 Å². The molecule has 0 amide bonds. The molecule has 0 aliphatic carbocycles. The number of rotatable bonds is 3. The molecule has 2 rings (SSSR count). The minimum atomic E-state index is -0.207. The molecule has 1 aliphatic rings. The average Bonchev–Trinajstić information content (AvgIpc) is 2.82. The Morgan fingerprint density at radius 2 is 2.00 bits per heavy atom. The van der Waals surface area contributed by atoms with E-state index in [9.17, 15) is 4.79 Å². The van der Waals surface area contributed by atoms with E-state index in [0.717, 1.165) is 25.1 Å². The largest absolute Gasteiger partial charge is 0.316 e. The minimum absolute atomic E-state index is 0.207. The predicted octanol–water partition coefficient (Wildman–Crippen LogP) is 3.12. The van der Waals surface area contributed by atoms with Crippen molar-refractivity contribution in [2.75, 3.05) is 13.1 Å². The topological polar surface area (TPSA) is 29.1 Å². The number of aryl methyl sites for hydroxylation is 2. The molecule has 2 heteroatoms. The van der Waals surface area contributed by atoms with Crippen LogP contribution in [0.25, 0.3) is 0 Å². The van der Waals surface area contributed by atoms with Crippen molar-refractivity contribution < 1.29 is 4.79 Å². The standard InChI is InChI=1S/C16H23NO/c1-11(2)16(7-8-17-10-16)15(18)14-6-5-12(3)13(4)9-14/h5-6,9,11,17H,7-8,10H2,1-4H3. The number of hydrogen-bond donors (Lipinski definition) is 1. The van der Waals surface area contributed by atoms with Crippen molar-refractivity contribution in [2.24, 2.45) is 11.3 Å².